The molecule has 0 aromatic heterocycles. The highest BCUT2D eigenvalue weighted by Crippen LogP contribution is 2.40. The number of alkyl carbamates (subject to hydrolysis) is 1. The van der Waals surface area contributed by atoms with Crippen LogP contribution in [0, 0.1) is 0 Å². The van der Waals surface area contributed by atoms with E-state index in [2.05, 4.69) is 5.32 Å². The smallest absolute Gasteiger partial charge is 0.408 e. The van der Waals surface area contributed by atoms with Gasteiger partial charge in [-0.25, -0.2) is 4.79 Å². The Hall–Kier alpha value is -1.40. The summed E-state index contributed by atoms with van der Waals surface area (Å²) in [7, 11) is -9.33. The van der Waals surface area contributed by atoms with Gasteiger partial charge in [-0.2, -0.15) is 8.42 Å². The second-order valence-electron chi connectivity index (χ2n) is 5.80. The largest absolute Gasteiger partial charge is 0.445 e. The fourth-order valence-electron chi connectivity index (χ4n) is 2.47. The summed E-state index contributed by atoms with van der Waals surface area (Å²) in [5, 5.41) is 3.00. The molecular formula is C13H17Cl2N4O7PS. The molecule has 1 unspecified atom stereocenters. The van der Waals surface area contributed by atoms with Gasteiger partial charge in [-0.05, 0) is 25.0 Å². The zero-order valence-electron chi connectivity index (χ0n) is 14.2. The number of benzene rings is 1. The van der Waals surface area contributed by atoms with E-state index in [-0.39, 0.29) is 26.0 Å². The highest BCUT2D eigenvalue weighted by molar-refractivity contribution is 7.90. The predicted molar refractivity (Wildman–Crippen MR) is 101 cm³/mol. The SMILES string of the molecule is NP(=O)(NS(=O)(=O)O)N1CCC[C@@H](NC(=O)OCc2ccc(Cl)cc2Cl)C1=O. The van der Waals surface area contributed by atoms with E-state index in [0.29, 0.717) is 20.3 Å². The first kappa shape index (κ1) is 22.9. The Kier molecular flexibility index (Phi) is 7.32. The maximum absolute atomic E-state index is 12.4. The van der Waals surface area contributed by atoms with Crippen LogP contribution in [-0.4, -0.2) is 42.2 Å². The van der Waals surface area contributed by atoms with Crippen LogP contribution < -0.4 is 15.3 Å². The molecule has 0 aliphatic carbocycles. The molecule has 1 aliphatic rings. The van der Waals surface area contributed by atoms with Gasteiger partial charge in [0.2, 0.25) is 0 Å². The first-order chi connectivity index (χ1) is 12.9. The van der Waals surface area contributed by atoms with Crippen LogP contribution >= 0.6 is 30.8 Å². The molecule has 0 saturated carbocycles. The van der Waals surface area contributed by atoms with Crippen molar-refractivity contribution in [3.63, 3.8) is 0 Å². The van der Waals surface area contributed by atoms with Gasteiger partial charge >= 0.3 is 24.0 Å². The van der Waals surface area contributed by atoms with Gasteiger partial charge in [-0.15, -0.1) is 4.49 Å². The van der Waals surface area contributed by atoms with Crippen LogP contribution in [0.15, 0.2) is 18.2 Å². The third-order valence-electron chi connectivity index (χ3n) is 3.69. The van der Waals surface area contributed by atoms with E-state index in [1.807, 2.05) is 0 Å². The number of rotatable bonds is 6. The quantitative estimate of drug-likeness (QED) is 0.356. The van der Waals surface area contributed by atoms with Crippen LogP contribution in [0.25, 0.3) is 0 Å². The standard InChI is InChI=1S/C13H17Cl2N4O7PS/c14-9-4-3-8(10(15)6-9)7-26-13(21)17-11-2-1-5-19(12(11)20)27(16,22)18-28(23,24)25/h3-4,6,11H,1-2,5,7H2,(H,17,21)(H3,16,18,22)(H,23,24,25)/t11-,27?/m1/s1. The number of nitrogens with zero attached hydrogens (tertiary/aromatic N) is 1. The molecule has 0 bridgehead atoms. The lowest BCUT2D eigenvalue weighted by molar-refractivity contribution is -0.130. The molecular weight excluding hydrogens is 458 g/mol. The third-order valence-corrected chi connectivity index (χ3v) is 7.36. The van der Waals surface area contributed by atoms with Crippen molar-refractivity contribution in [2.45, 2.75) is 25.5 Å². The lowest BCUT2D eigenvalue weighted by Crippen LogP contribution is -2.53. The zero-order chi connectivity index (χ0) is 21.1. The van der Waals surface area contributed by atoms with Gasteiger partial charge < -0.3 is 10.1 Å². The van der Waals surface area contributed by atoms with Crippen LogP contribution in [0.3, 0.4) is 0 Å². The van der Waals surface area contributed by atoms with Crippen molar-refractivity contribution in [3.8, 4) is 0 Å². The summed E-state index contributed by atoms with van der Waals surface area (Å²) in [6.07, 6.45) is -0.479. The van der Waals surface area contributed by atoms with Crippen LogP contribution in [0.4, 0.5) is 4.79 Å². The number of nitrogens with two attached hydrogens (primary N) is 1. The average molecular weight is 475 g/mol. The van der Waals surface area contributed by atoms with E-state index >= 15 is 0 Å². The van der Waals surface area contributed by atoms with Gasteiger partial charge in [0.05, 0.1) is 0 Å². The van der Waals surface area contributed by atoms with E-state index in [0.717, 1.165) is 0 Å². The van der Waals surface area contributed by atoms with Gasteiger partial charge in [-0.3, -0.25) is 24.1 Å². The number of hydrogen-bond acceptors (Lipinski definition) is 6. The number of nitrogens with one attached hydrogen (secondary N) is 2. The van der Waals surface area contributed by atoms with Gasteiger partial charge in [0.15, 0.2) is 0 Å². The number of piperidine rings is 1. The summed E-state index contributed by atoms with van der Waals surface area (Å²) in [5.74, 6) is -0.880. The van der Waals surface area contributed by atoms with Crippen molar-refractivity contribution >= 4 is 53.1 Å². The van der Waals surface area contributed by atoms with Crippen molar-refractivity contribution in [2.75, 3.05) is 6.54 Å². The minimum Gasteiger partial charge on any atom is -0.445 e. The maximum atomic E-state index is 12.4. The average Bonchev–Trinajstić information content (AvgIpc) is 2.53. The molecule has 2 atom stereocenters. The summed E-state index contributed by atoms with van der Waals surface area (Å²) in [4.78, 5) is 24.4. The molecule has 11 nitrogen and oxygen atoms in total. The Labute approximate surface area is 170 Å². The lowest BCUT2D eigenvalue weighted by atomic mass is 10.1. The Bertz CT molecular complexity index is 929. The molecule has 1 aromatic rings. The van der Waals surface area contributed by atoms with Crippen molar-refractivity contribution in [1.82, 2.24) is 14.5 Å². The van der Waals surface area contributed by atoms with Gasteiger partial charge in [0.25, 0.3) is 5.91 Å². The van der Waals surface area contributed by atoms with E-state index in [1.165, 1.54) is 10.6 Å². The van der Waals surface area contributed by atoms with Gasteiger partial charge in [-0.1, -0.05) is 29.3 Å². The Balaban J connectivity index is 1.98. The highest BCUT2D eigenvalue weighted by Gasteiger charge is 2.40. The molecule has 0 spiro atoms. The van der Waals surface area contributed by atoms with Crippen LogP contribution in [0.2, 0.25) is 10.0 Å². The molecule has 1 heterocycles. The zero-order valence-corrected chi connectivity index (χ0v) is 17.4. The lowest BCUT2D eigenvalue weighted by Gasteiger charge is -2.35. The maximum Gasteiger partial charge on any atom is 0.408 e. The van der Waals surface area contributed by atoms with Gasteiger partial charge in [0, 0.05) is 22.2 Å². The van der Waals surface area contributed by atoms with E-state index in [1.54, 1.807) is 12.1 Å². The number of ether oxygens (including phenoxy) is 1. The normalized spacial score (nSPS) is 19.8. The molecule has 156 valence electrons. The fourth-order valence-corrected chi connectivity index (χ4v) is 5.52. The van der Waals surface area contributed by atoms with Crippen molar-refractivity contribution in [3.05, 3.63) is 33.8 Å². The number of amides is 2. The summed E-state index contributed by atoms with van der Waals surface area (Å²) in [6.45, 7) is -0.311. The first-order valence-electron chi connectivity index (χ1n) is 7.73. The molecule has 2 rings (SSSR count). The number of carbonyl (C=O) groups excluding carboxylic acids is 2. The van der Waals surface area contributed by atoms with Gasteiger partial charge in [0.1, 0.15) is 12.6 Å². The predicted octanol–water partition coefficient (Wildman–Crippen LogP) is 1.67. The number of carbonyl (C=O) groups is 2. The van der Waals surface area contributed by atoms with Crippen LogP contribution in [-0.2, 0) is 31.0 Å². The van der Waals surface area contributed by atoms with Crippen molar-refractivity contribution in [1.29, 1.82) is 0 Å². The minimum absolute atomic E-state index is 0.122. The van der Waals surface area contributed by atoms with Crippen molar-refractivity contribution < 1.29 is 31.9 Å². The summed E-state index contributed by atoms with van der Waals surface area (Å²) < 4.78 is 49.7. The second-order valence-corrected chi connectivity index (χ2v) is 10.1. The molecule has 2 amide bonds. The Morgan fingerprint density at radius 1 is 1.43 bits per heavy atom. The first-order valence-corrected chi connectivity index (χ1v) is 11.7. The van der Waals surface area contributed by atoms with Crippen molar-refractivity contribution in [2.24, 2.45) is 5.50 Å². The molecule has 1 fully saturated rings. The number of halogens is 2. The minimum atomic E-state index is -4.91. The summed E-state index contributed by atoms with van der Waals surface area (Å²) in [6, 6.07) is 3.47. The Morgan fingerprint density at radius 2 is 2.11 bits per heavy atom. The summed E-state index contributed by atoms with van der Waals surface area (Å²) >= 11 is 11.7. The van der Waals surface area contributed by atoms with Crippen LogP contribution in [0.1, 0.15) is 18.4 Å². The second kappa shape index (κ2) is 8.95. The fraction of sp³-hybridized carbons (Fsp3) is 0.385. The van der Waals surface area contributed by atoms with E-state index in [9.17, 15) is 22.6 Å². The molecule has 28 heavy (non-hydrogen) atoms. The van der Waals surface area contributed by atoms with E-state index < -0.39 is 35.9 Å². The molecule has 15 heteroatoms. The third kappa shape index (κ3) is 6.31. The molecule has 5 N–H and O–H groups in total. The molecule has 0 radical (unpaired) electrons. The highest BCUT2D eigenvalue weighted by atomic mass is 35.5. The Morgan fingerprint density at radius 3 is 2.71 bits per heavy atom. The summed E-state index contributed by atoms with van der Waals surface area (Å²) in [5.41, 5.74) is 5.85. The molecule has 1 aromatic carbocycles. The van der Waals surface area contributed by atoms with Crippen LogP contribution in [0.5, 0.6) is 0 Å². The molecule has 1 saturated heterocycles. The topological polar surface area (TPSA) is 168 Å². The molecule has 1 aliphatic heterocycles. The monoisotopic (exact) mass is 474 g/mol. The van der Waals surface area contributed by atoms with E-state index in [4.69, 9.17) is 38.0 Å². The number of hydrogen-bond donors (Lipinski definition) is 4.